The first-order chi connectivity index (χ1) is 10.1. The van der Waals surface area contributed by atoms with Crippen molar-refractivity contribution in [3.05, 3.63) is 65.6 Å². The molecule has 0 radical (unpaired) electrons. The molecule has 5 nitrogen and oxygen atoms in total. The molecule has 0 amide bonds. The number of aryl methyl sites for hydroxylation is 1. The van der Waals surface area contributed by atoms with Gasteiger partial charge in [0.05, 0.1) is 0 Å². The molecule has 0 saturated heterocycles. The van der Waals surface area contributed by atoms with Gasteiger partial charge in [0, 0.05) is 23.9 Å². The van der Waals surface area contributed by atoms with Crippen LogP contribution >= 0.6 is 0 Å². The topological polar surface area (TPSA) is 68.7 Å². The van der Waals surface area contributed by atoms with Gasteiger partial charge >= 0.3 is 0 Å². The van der Waals surface area contributed by atoms with Gasteiger partial charge in [0.15, 0.2) is 17.3 Å². The van der Waals surface area contributed by atoms with Crippen LogP contribution in [-0.4, -0.2) is 22.7 Å². The molecule has 1 aliphatic rings. The maximum atomic E-state index is 12.1. The van der Waals surface area contributed by atoms with Crippen LogP contribution < -0.4 is 0 Å². The number of ether oxygens (including phenoxy) is 2. The molecule has 1 N–H and O–H groups in total. The molecule has 1 aromatic heterocycles. The number of aromatic nitrogens is 1. The van der Waals surface area contributed by atoms with Crippen LogP contribution in [0.2, 0.25) is 0 Å². The number of aliphatic hydroxyl groups is 1. The first-order valence-corrected chi connectivity index (χ1v) is 6.59. The lowest BCUT2D eigenvalue weighted by Gasteiger charge is -2.06. The molecule has 0 fully saturated rings. The molecule has 110 valence electrons. The van der Waals surface area contributed by atoms with Gasteiger partial charge in [-0.05, 0) is 31.6 Å². The molecule has 2 heterocycles. The van der Waals surface area contributed by atoms with Crippen LogP contribution in [0.5, 0.6) is 0 Å². The summed E-state index contributed by atoms with van der Waals surface area (Å²) < 4.78 is 10.3. The lowest BCUT2D eigenvalue weighted by atomic mass is 10.0. The van der Waals surface area contributed by atoms with Crippen molar-refractivity contribution >= 4 is 5.78 Å². The van der Waals surface area contributed by atoms with E-state index in [-0.39, 0.29) is 36.1 Å². The summed E-state index contributed by atoms with van der Waals surface area (Å²) in [4.78, 5) is 16.3. The third-order valence-corrected chi connectivity index (χ3v) is 3.15. The molecule has 0 unspecified atom stereocenters. The molecule has 5 heteroatoms. The van der Waals surface area contributed by atoms with Gasteiger partial charge in [-0.1, -0.05) is 12.6 Å². The van der Waals surface area contributed by atoms with Crippen molar-refractivity contribution in [3.63, 3.8) is 0 Å². The lowest BCUT2D eigenvalue weighted by molar-refractivity contribution is -0.115. The van der Waals surface area contributed by atoms with Gasteiger partial charge in [-0.25, -0.2) is 0 Å². The van der Waals surface area contributed by atoms with Gasteiger partial charge in [0.1, 0.15) is 0 Å². The fraction of sp³-hybridized carbons (Fsp3) is 0.250. The standard InChI is InChI=1S/C16H17NO4/c1-3-14-16(21-10-20-14)15(19)11(2)13(18)8-7-12-6-4-5-9-17-12/h3-6,9,19H,1,7-8,10H2,2H3/b15-11-. The minimum absolute atomic E-state index is 0.0101. The average molecular weight is 287 g/mol. The highest BCUT2D eigenvalue weighted by Crippen LogP contribution is 2.25. The van der Waals surface area contributed by atoms with Crippen LogP contribution in [0, 0.1) is 0 Å². The summed E-state index contributed by atoms with van der Waals surface area (Å²) in [5.41, 5.74) is 1.08. The Morgan fingerprint density at radius 1 is 1.48 bits per heavy atom. The molecule has 1 aromatic rings. The second-order valence-corrected chi connectivity index (χ2v) is 4.52. The minimum Gasteiger partial charge on any atom is -0.504 e. The number of aliphatic hydroxyl groups excluding tert-OH is 1. The maximum Gasteiger partial charge on any atom is 0.231 e. The van der Waals surface area contributed by atoms with E-state index in [9.17, 15) is 9.90 Å². The lowest BCUT2D eigenvalue weighted by Crippen LogP contribution is -2.07. The van der Waals surface area contributed by atoms with E-state index in [0.717, 1.165) is 5.69 Å². The predicted octanol–water partition coefficient (Wildman–Crippen LogP) is 2.82. The van der Waals surface area contributed by atoms with Gasteiger partial charge in [-0.3, -0.25) is 9.78 Å². The number of ketones is 1. The summed E-state index contributed by atoms with van der Waals surface area (Å²) in [5, 5.41) is 10.1. The highest BCUT2D eigenvalue weighted by atomic mass is 16.7. The van der Waals surface area contributed by atoms with Crippen LogP contribution in [0.3, 0.4) is 0 Å². The first-order valence-electron chi connectivity index (χ1n) is 6.59. The predicted molar refractivity (Wildman–Crippen MR) is 77.2 cm³/mol. The van der Waals surface area contributed by atoms with E-state index in [1.54, 1.807) is 13.1 Å². The second-order valence-electron chi connectivity index (χ2n) is 4.52. The Bertz CT molecular complexity index is 602. The fourth-order valence-corrected chi connectivity index (χ4v) is 1.90. The Kier molecular flexibility index (Phi) is 4.77. The van der Waals surface area contributed by atoms with Crippen LogP contribution in [0.25, 0.3) is 0 Å². The van der Waals surface area contributed by atoms with Crippen LogP contribution in [0.4, 0.5) is 0 Å². The van der Waals surface area contributed by atoms with E-state index in [4.69, 9.17) is 9.47 Å². The molecule has 21 heavy (non-hydrogen) atoms. The number of Topliss-reactive ketones (excluding diaryl/α,β-unsaturated/α-hetero) is 1. The highest BCUT2D eigenvalue weighted by Gasteiger charge is 2.23. The number of pyridine rings is 1. The zero-order chi connectivity index (χ0) is 15.2. The van der Waals surface area contributed by atoms with E-state index >= 15 is 0 Å². The summed E-state index contributed by atoms with van der Waals surface area (Å²) in [6, 6.07) is 5.55. The van der Waals surface area contributed by atoms with Gasteiger partial charge in [-0.15, -0.1) is 0 Å². The van der Waals surface area contributed by atoms with E-state index in [1.807, 2.05) is 18.2 Å². The molecular weight excluding hydrogens is 270 g/mol. The van der Waals surface area contributed by atoms with Crippen molar-refractivity contribution in [1.82, 2.24) is 4.98 Å². The molecule has 2 rings (SSSR count). The second kappa shape index (κ2) is 6.74. The SMILES string of the molecule is C=CC1=C(/C(O)=C(\C)C(=O)CCc2ccccn2)OCO1. The Morgan fingerprint density at radius 2 is 2.29 bits per heavy atom. The number of allylic oxidation sites excluding steroid dienone is 2. The maximum absolute atomic E-state index is 12.1. The van der Waals surface area contributed by atoms with Crippen LogP contribution in [-0.2, 0) is 20.7 Å². The van der Waals surface area contributed by atoms with Crippen molar-refractivity contribution in [1.29, 1.82) is 0 Å². The number of carbonyl (C=O) groups is 1. The molecule has 0 saturated carbocycles. The summed E-state index contributed by atoms with van der Waals surface area (Å²) in [6.07, 6.45) is 3.91. The molecule has 0 atom stereocenters. The van der Waals surface area contributed by atoms with Crippen molar-refractivity contribution in [2.75, 3.05) is 6.79 Å². The zero-order valence-corrected chi connectivity index (χ0v) is 11.8. The van der Waals surface area contributed by atoms with Crippen molar-refractivity contribution in [3.8, 4) is 0 Å². The summed E-state index contributed by atoms with van der Waals surface area (Å²) in [7, 11) is 0. The van der Waals surface area contributed by atoms with E-state index < -0.39 is 0 Å². The van der Waals surface area contributed by atoms with Crippen molar-refractivity contribution < 1.29 is 19.4 Å². The van der Waals surface area contributed by atoms with E-state index in [0.29, 0.717) is 12.2 Å². The number of nitrogens with zero attached hydrogens (tertiary/aromatic N) is 1. The molecule has 0 bridgehead atoms. The van der Waals surface area contributed by atoms with Crippen LogP contribution in [0.15, 0.2) is 59.9 Å². The van der Waals surface area contributed by atoms with E-state index in [2.05, 4.69) is 11.6 Å². The normalized spacial score (nSPS) is 15.1. The third kappa shape index (κ3) is 3.51. The molecule has 0 spiro atoms. The number of hydrogen-bond donors (Lipinski definition) is 1. The van der Waals surface area contributed by atoms with Crippen molar-refractivity contribution in [2.24, 2.45) is 0 Å². The Labute approximate surface area is 123 Å². The summed E-state index contributed by atoms with van der Waals surface area (Å²) >= 11 is 0. The molecular formula is C16H17NO4. The molecule has 0 aromatic carbocycles. The third-order valence-electron chi connectivity index (χ3n) is 3.15. The van der Waals surface area contributed by atoms with Gasteiger partial charge in [0.2, 0.25) is 12.6 Å². The Morgan fingerprint density at radius 3 is 2.95 bits per heavy atom. The summed E-state index contributed by atoms with van der Waals surface area (Å²) in [6.45, 7) is 5.14. The number of rotatable bonds is 6. The largest absolute Gasteiger partial charge is 0.504 e. The quantitative estimate of drug-likeness (QED) is 0.643. The Hall–Kier alpha value is -2.56. The summed E-state index contributed by atoms with van der Waals surface area (Å²) in [5.74, 6) is 0.135. The van der Waals surface area contributed by atoms with E-state index in [1.165, 1.54) is 6.08 Å². The zero-order valence-electron chi connectivity index (χ0n) is 11.8. The first kappa shape index (κ1) is 14.8. The van der Waals surface area contributed by atoms with Crippen molar-refractivity contribution in [2.45, 2.75) is 19.8 Å². The van der Waals surface area contributed by atoms with Gasteiger partial charge in [0.25, 0.3) is 0 Å². The minimum atomic E-state index is -0.201. The number of carbonyl (C=O) groups excluding carboxylic acids is 1. The molecule has 1 aliphatic heterocycles. The van der Waals surface area contributed by atoms with Gasteiger partial charge < -0.3 is 14.6 Å². The fourth-order valence-electron chi connectivity index (χ4n) is 1.90. The number of hydrogen-bond acceptors (Lipinski definition) is 5. The highest BCUT2D eigenvalue weighted by molar-refractivity contribution is 5.95. The Balaban J connectivity index is 2.07. The molecule has 0 aliphatic carbocycles. The smallest absolute Gasteiger partial charge is 0.231 e. The average Bonchev–Trinajstić information content (AvgIpc) is 3.00. The monoisotopic (exact) mass is 287 g/mol. The van der Waals surface area contributed by atoms with Crippen LogP contribution in [0.1, 0.15) is 19.0 Å². The van der Waals surface area contributed by atoms with Gasteiger partial charge in [-0.2, -0.15) is 0 Å².